The van der Waals surface area contributed by atoms with Gasteiger partial charge in [0.15, 0.2) is 0 Å². The molecule has 0 aromatic heterocycles. The Labute approximate surface area is 80.2 Å². The Morgan fingerprint density at radius 3 is 2.38 bits per heavy atom. The number of hydrogen-bond acceptors (Lipinski definition) is 2. The Bertz CT molecular complexity index is 192. The van der Waals surface area contributed by atoms with Crippen molar-refractivity contribution in [2.24, 2.45) is 0 Å². The molecule has 0 heterocycles. The zero-order valence-corrected chi connectivity index (χ0v) is 9.05. The van der Waals surface area contributed by atoms with Crippen molar-refractivity contribution in [3.8, 4) is 0 Å². The van der Waals surface area contributed by atoms with Gasteiger partial charge in [-0.1, -0.05) is 12.2 Å². The van der Waals surface area contributed by atoms with Gasteiger partial charge in [-0.05, 0) is 34.6 Å². The van der Waals surface area contributed by atoms with Gasteiger partial charge in [0, 0.05) is 6.04 Å². The number of rotatable bonds is 2. The van der Waals surface area contributed by atoms with Crippen molar-refractivity contribution in [3.63, 3.8) is 0 Å². The number of allylic oxidation sites excluding steroid dienone is 1. The third-order valence-corrected chi connectivity index (χ3v) is 1.23. The molecular weight excluding hydrogens is 166 g/mol. The molecule has 1 atom stereocenters. The summed E-state index contributed by atoms with van der Waals surface area (Å²) in [7, 11) is 0. The molecule has 0 aromatic rings. The average molecular weight is 185 g/mol. The van der Waals surface area contributed by atoms with Crippen LogP contribution in [0.5, 0.6) is 0 Å². The molecule has 3 heteroatoms. The van der Waals surface area contributed by atoms with E-state index in [0.29, 0.717) is 0 Å². The summed E-state index contributed by atoms with van der Waals surface area (Å²) in [6, 6.07) is 0.0137. The molecule has 0 spiro atoms. The van der Waals surface area contributed by atoms with Crippen molar-refractivity contribution >= 4 is 6.09 Å². The fourth-order valence-electron chi connectivity index (χ4n) is 0.830. The molecule has 13 heavy (non-hydrogen) atoms. The van der Waals surface area contributed by atoms with Gasteiger partial charge in [-0.2, -0.15) is 0 Å². The minimum atomic E-state index is -0.431. The van der Waals surface area contributed by atoms with Crippen molar-refractivity contribution < 1.29 is 9.53 Å². The summed E-state index contributed by atoms with van der Waals surface area (Å²) < 4.78 is 5.07. The second-order valence-electron chi connectivity index (χ2n) is 3.96. The molecule has 0 bridgehead atoms. The van der Waals surface area contributed by atoms with Crippen molar-refractivity contribution in [1.82, 2.24) is 5.32 Å². The highest BCUT2D eigenvalue weighted by Crippen LogP contribution is 2.06. The molecule has 0 aliphatic rings. The molecule has 1 amide bonds. The highest BCUT2D eigenvalue weighted by atomic mass is 16.6. The third kappa shape index (κ3) is 7.37. The van der Waals surface area contributed by atoms with Gasteiger partial charge in [-0.15, -0.1) is 0 Å². The van der Waals surface area contributed by atoms with Gasteiger partial charge < -0.3 is 10.1 Å². The zero-order valence-electron chi connectivity index (χ0n) is 9.05. The number of carbonyl (C=O) groups excluding carboxylic acids is 1. The lowest BCUT2D eigenvalue weighted by Crippen LogP contribution is -2.36. The predicted octanol–water partition coefficient (Wildman–Crippen LogP) is 2.48. The van der Waals surface area contributed by atoms with E-state index in [2.05, 4.69) is 5.32 Å². The van der Waals surface area contributed by atoms with E-state index in [1.807, 2.05) is 46.8 Å². The Kier molecular flexibility index (Phi) is 4.52. The van der Waals surface area contributed by atoms with Crippen LogP contribution < -0.4 is 5.32 Å². The maximum Gasteiger partial charge on any atom is 0.408 e. The van der Waals surface area contributed by atoms with Crippen LogP contribution in [0, 0.1) is 0 Å². The van der Waals surface area contributed by atoms with Crippen LogP contribution >= 0.6 is 0 Å². The third-order valence-electron chi connectivity index (χ3n) is 1.23. The van der Waals surface area contributed by atoms with Crippen LogP contribution in [0.25, 0.3) is 0 Å². The van der Waals surface area contributed by atoms with Crippen molar-refractivity contribution in [1.29, 1.82) is 0 Å². The molecule has 0 aliphatic carbocycles. The zero-order chi connectivity index (χ0) is 10.5. The van der Waals surface area contributed by atoms with E-state index >= 15 is 0 Å². The van der Waals surface area contributed by atoms with Crippen molar-refractivity contribution in [3.05, 3.63) is 12.2 Å². The maximum atomic E-state index is 11.2. The lowest BCUT2D eigenvalue weighted by atomic mass is 10.2. The predicted molar refractivity (Wildman–Crippen MR) is 53.6 cm³/mol. The summed E-state index contributed by atoms with van der Waals surface area (Å²) >= 11 is 0. The van der Waals surface area contributed by atoms with E-state index in [-0.39, 0.29) is 12.1 Å². The van der Waals surface area contributed by atoms with Crippen molar-refractivity contribution in [2.45, 2.75) is 46.3 Å². The molecule has 1 N–H and O–H groups in total. The van der Waals surface area contributed by atoms with E-state index in [9.17, 15) is 4.79 Å². The van der Waals surface area contributed by atoms with E-state index in [1.54, 1.807) is 0 Å². The molecule has 0 radical (unpaired) electrons. The summed E-state index contributed by atoms with van der Waals surface area (Å²) in [4.78, 5) is 11.2. The molecule has 3 nitrogen and oxygen atoms in total. The second-order valence-corrected chi connectivity index (χ2v) is 3.96. The fraction of sp³-hybridized carbons (Fsp3) is 0.700. The summed E-state index contributed by atoms with van der Waals surface area (Å²) in [5.41, 5.74) is -0.431. The van der Waals surface area contributed by atoms with E-state index in [0.717, 1.165) is 0 Å². The highest BCUT2D eigenvalue weighted by Gasteiger charge is 2.16. The van der Waals surface area contributed by atoms with Gasteiger partial charge in [-0.3, -0.25) is 0 Å². The van der Waals surface area contributed by atoms with Gasteiger partial charge in [0.25, 0.3) is 0 Å². The molecule has 0 aromatic carbocycles. The van der Waals surface area contributed by atoms with Crippen LogP contribution in [0.4, 0.5) is 4.79 Å². The molecule has 0 saturated heterocycles. The average Bonchev–Trinajstić information content (AvgIpc) is 1.81. The Morgan fingerprint density at radius 1 is 1.46 bits per heavy atom. The molecule has 0 saturated carbocycles. The summed E-state index contributed by atoms with van der Waals surface area (Å²) in [5.74, 6) is 0. The summed E-state index contributed by atoms with van der Waals surface area (Å²) in [6.07, 6.45) is 3.41. The van der Waals surface area contributed by atoms with Gasteiger partial charge in [0.05, 0.1) is 0 Å². The van der Waals surface area contributed by atoms with Crippen molar-refractivity contribution in [2.75, 3.05) is 0 Å². The molecule has 76 valence electrons. The number of amides is 1. The normalized spacial score (nSPS) is 14.2. The first kappa shape index (κ1) is 12.0. The molecule has 0 fully saturated rings. The number of carbonyl (C=O) groups is 1. The minimum Gasteiger partial charge on any atom is -0.444 e. The summed E-state index contributed by atoms with van der Waals surface area (Å²) in [6.45, 7) is 9.32. The second kappa shape index (κ2) is 4.90. The molecule has 1 unspecified atom stereocenters. The lowest BCUT2D eigenvalue weighted by Gasteiger charge is -2.20. The van der Waals surface area contributed by atoms with Crippen LogP contribution in [0.15, 0.2) is 12.2 Å². The number of alkyl carbamates (subject to hydrolysis) is 1. The van der Waals surface area contributed by atoms with Gasteiger partial charge in [0.2, 0.25) is 0 Å². The Balaban J connectivity index is 3.88. The summed E-state index contributed by atoms with van der Waals surface area (Å²) in [5, 5.41) is 2.69. The smallest absolute Gasteiger partial charge is 0.408 e. The molecular formula is C10H19NO2. The highest BCUT2D eigenvalue weighted by molar-refractivity contribution is 5.68. The largest absolute Gasteiger partial charge is 0.444 e. The fourth-order valence-corrected chi connectivity index (χ4v) is 0.830. The van der Waals surface area contributed by atoms with Gasteiger partial charge in [0.1, 0.15) is 5.60 Å². The van der Waals surface area contributed by atoms with Crippen LogP contribution in [-0.2, 0) is 4.74 Å². The van der Waals surface area contributed by atoms with E-state index in [4.69, 9.17) is 4.74 Å². The van der Waals surface area contributed by atoms with Gasteiger partial charge >= 0.3 is 6.09 Å². The van der Waals surface area contributed by atoms with Gasteiger partial charge in [-0.25, -0.2) is 4.79 Å². The maximum absolute atomic E-state index is 11.2. The standard InChI is InChI=1S/C10H19NO2/c1-6-7-8(2)11-9(12)13-10(3,4)5/h6-8H,1-5H3,(H,11,12)/b7-6+. The number of nitrogens with one attached hydrogen (secondary N) is 1. The van der Waals surface area contributed by atoms with E-state index in [1.165, 1.54) is 0 Å². The van der Waals surface area contributed by atoms with E-state index < -0.39 is 5.60 Å². The van der Waals surface area contributed by atoms with Crippen LogP contribution in [0.1, 0.15) is 34.6 Å². The first-order chi connectivity index (χ1) is 5.85. The Hall–Kier alpha value is -0.990. The Morgan fingerprint density at radius 2 is 2.00 bits per heavy atom. The number of ether oxygens (including phenoxy) is 1. The van der Waals surface area contributed by atoms with Crippen LogP contribution in [0.2, 0.25) is 0 Å². The van der Waals surface area contributed by atoms with Crippen LogP contribution in [0.3, 0.4) is 0 Å². The topological polar surface area (TPSA) is 38.3 Å². The molecule has 0 aliphatic heterocycles. The number of hydrogen-bond donors (Lipinski definition) is 1. The monoisotopic (exact) mass is 185 g/mol. The molecule has 0 rings (SSSR count). The minimum absolute atomic E-state index is 0.0137. The first-order valence-electron chi connectivity index (χ1n) is 4.47. The first-order valence-corrected chi connectivity index (χ1v) is 4.47. The van der Waals surface area contributed by atoms with Crippen LogP contribution in [-0.4, -0.2) is 17.7 Å². The quantitative estimate of drug-likeness (QED) is 0.671. The lowest BCUT2D eigenvalue weighted by molar-refractivity contribution is 0.0518. The SMILES string of the molecule is C/C=C/C(C)NC(=O)OC(C)(C)C.